The van der Waals surface area contributed by atoms with Crippen molar-refractivity contribution in [2.24, 2.45) is 0 Å². The van der Waals surface area contributed by atoms with Gasteiger partial charge in [-0.25, -0.2) is 33.6 Å². The number of carbonyl (C=O) groups is 5. The quantitative estimate of drug-likeness (QED) is 0.0395. The third kappa shape index (κ3) is 8.26. The third-order valence-electron chi connectivity index (χ3n) is 14.5. The van der Waals surface area contributed by atoms with Crippen LogP contribution in [-0.2, 0) is 28.4 Å². The molecule has 12 rings (SSSR count). The topological polar surface area (TPSA) is 575 Å². The number of carbonyl (C=O) groups excluding carboxylic acids is 5. The first-order valence-electron chi connectivity index (χ1n) is 24.7. The van der Waals surface area contributed by atoms with Crippen LogP contribution in [0.2, 0.25) is 0 Å². The molecule has 34 heteroatoms. The Morgan fingerprint density at radius 2 is 0.809 bits per heavy atom. The van der Waals surface area contributed by atoms with Crippen LogP contribution in [0.15, 0.2) is 60.9 Å². The van der Waals surface area contributed by atoms with Crippen LogP contribution in [0, 0.1) is 0 Å². The normalized spacial score (nSPS) is 18.2. The van der Waals surface area contributed by atoms with Crippen LogP contribution in [-0.4, -0.2) is 159 Å². The number of benzene rings is 7. The molecule has 3 aliphatic rings. The summed E-state index contributed by atoms with van der Waals surface area (Å²) in [6, 6.07) is 3.07. The van der Waals surface area contributed by atoms with Gasteiger partial charge in [0.2, 0.25) is 58.4 Å². The number of fused-ring (bicyclic) bond motifs is 9. The molecule has 0 bridgehead atoms. The Hall–Kier alpha value is -13.0. The molecular weight excluding hydrogens is 1200 g/mol. The molecule has 0 spiro atoms. The molecule has 5 atom stereocenters. The van der Waals surface area contributed by atoms with Gasteiger partial charge in [-0.05, 0) is 42.5 Å². The zero-order valence-corrected chi connectivity index (χ0v) is 43.2. The molecule has 0 saturated carbocycles. The Bertz CT molecular complexity index is 4840. The second kappa shape index (κ2) is 19.5. The maximum atomic E-state index is 14.8. The zero-order chi connectivity index (χ0) is 64.2. The van der Waals surface area contributed by atoms with E-state index in [1.54, 1.807) is 0 Å². The molecule has 0 radical (unpaired) electrons. The van der Waals surface area contributed by atoms with Crippen LogP contribution in [0.1, 0.15) is 51.8 Å². The van der Waals surface area contributed by atoms with Crippen molar-refractivity contribution >= 4 is 62.6 Å². The van der Waals surface area contributed by atoms with Crippen LogP contribution < -0.4 is 16.0 Å². The highest BCUT2D eigenvalue weighted by Gasteiger charge is 2.56. The minimum atomic E-state index is -2.73. The maximum Gasteiger partial charge on any atom is 0.348 e. The first-order chi connectivity index (χ1) is 42.0. The monoisotopic (exact) mass is 1240 g/mol. The fourth-order valence-corrected chi connectivity index (χ4v) is 10.4. The average Bonchev–Trinajstić information content (AvgIpc) is 0.847. The van der Waals surface area contributed by atoms with E-state index < -0.39 is 276 Å². The predicted octanol–water partition coefficient (Wildman–Crippen LogP) is 3.36. The SMILES string of the molecule is O=C(OC1OC2COC(=O)c3cc(O)c(O)c(O)c3-c3c(cc(O)c(O)c3O)C(=O)OC2C2OC(=O)c3cc(O)c(O)c(O)c3-c3c(cc(O)c(O)c3O)C(=O)OC12)c1cc(O)c(Oc2c(O)c(O)c3oc(=O)c4cc(O)c(O)c5oc(=O)c2c3c54)c(O)c1. The number of cyclic esters (lactones) is 1. The van der Waals surface area contributed by atoms with Crippen molar-refractivity contribution in [2.45, 2.75) is 30.7 Å². The Balaban J connectivity index is 0.996. The number of phenols is 18. The molecule has 3 aliphatic heterocycles. The molecule has 34 nitrogen and oxygen atoms in total. The van der Waals surface area contributed by atoms with Crippen molar-refractivity contribution in [2.75, 3.05) is 6.61 Å². The van der Waals surface area contributed by atoms with E-state index in [9.17, 15) is 125 Å². The standard InChI is InChI=1S/C55H32O34/c56-15-3-10-23(35(68)30(15)63)24-11(4-16(57)31(64)36(24)69)50(76)84-42-22(8-81-49(10)75)82-55(47-46(42)87-51(77)12-5-17(58)32(65)37(70)25(12)26-13(52(78)88-47)6-18(59)33(66)38(26)71)89-48(74)9-1-20(61)41(21(62)2-9)83-45-29-28-27-14(53(79)85-44(28)39(72)40(45)73)7-19(60)34(67)43(27)86-54(29)80/h1-7,22,42,46-47,55-73H,8H2. The summed E-state index contributed by atoms with van der Waals surface area (Å²) in [5.41, 5.74) is -14.7. The fourth-order valence-electron chi connectivity index (χ4n) is 10.4. The van der Waals surface area contributed by atoms with Gasteiger partial charge in [0.15, 0.2) is 92.4 Å². The smallest absolute Gasteiger partial charge is 0.348 e. The molecule has 7 aromatic carbocycles. The van der Waals surface area contributed by atoms with E-state index in [1.807, 2.05) is 0 Å². The maximum absolute atomic E-state index is 14.8. The van der Waals surface area contributed by atoms with Gasteiger partial charge in [0.25, 0.3) is 0 Å². The minimum Gasteiger partial charge on any atom is -0.504 e. The molecule has 5 heterocycles. The predicted molar refractivity (Wildman–Crippen MR) is 279 cm³/mol. The van der Waals surface area contributed by atoms with Crippen molar-refractivity contribution in [1.82, 2.24) is 0 Å². The number of rotatable bonds is 4. The van der Waals surface area contributed by atoms with Gasteiger partial charge in [-0.1, -0.05) is 0 Å². The average molecular weight is 1240 g/mol. The van der Waals surface area contributed by atoms with Gasteiger partial charge in [-0.15, -0.1) is 0 Å². The number of ether oxygens (including phenoxy) is 7. The van der Waals surface area contributed by atoms with Gasteiger partial charge < -0.3 is 134 Å². The third-order valence-corrected chi connectivity index (χ3v) is 14.5. The molecule has 9 aromatic rings. The molecule has 89 heavy (non-hydrogen) atoms. The Labute approximate surface area is 485 Å². The summed E-state index contributed by atoms with van der Waals surface area (Å²) in [6.45, 7) is -1.37. The minimum absolute atomic E-state index is 0.357. The second-order valence-electron chi connectivity index (χ2n) is 19.5. The second-order valence-corrected chi connectivity index (χ2v) is 19.5. The molecular formula is C55H32O34. The summed E-state index contributed by atoms with van der Waals surface area (Å²) in [5, 5.41) is 193. The summed E-state index contributed by atoms with van der Waals surface area (Å²) in [7, 11) is 0. The lowest BCUT2D eigenvalue weighted by atomic mass is 9.91. The molecule has 18 N–H and O–H groups in total. The fraction of sp³-hybridized carbons (Fsp3) is 0.109. The van der Waals surface area contributed by atoms with Gasteiger partial charge in [0.1, 0.15) is 18.1 Å². The highest BCUT2D eigenvalue weighted by Crippen LogP contribution is 2.57. The first kappa shape index (κ1) is 56.5. The number of hydrogen-bond donors (Lipinski definition) is 18. The van der Waals surface area contributed by atoms with Crippen LogP contribution >= 0.6 is 0 Å². The highest BCUT2D eigenvalue weighted by molar-refractivity contribution is 6.24. The van der Waals surface area contributed by atoms with Gasteiger partial charge in [-0.2, -0.15) is 0 Å². The van der Waals surface area contributed by atoms with Crippen LogP contribution in [0.4, 0.5) is 0 Å². The van der Waals surface area contributed by atoms with Crippen molar-refractivity contribution in [3.05, 3.63) is 91.1 Å². The number of aromatic hydroxyl groups is 18. The summed E-state index contributed by atoms with van der Waals surface area (Å²) >= 11 is 0. The molecule has 0 aliphatic carbocycles. The van der Waals surface area contributed by atoms with Crippen molar-refractivity contribution in [1.29, 1.82) is 0 Å². The lowest BCUT2D eigenvalue weighted by Crippen LogP contribution is -2.63. The Morgan fingerprint density at radius 1 is 0.393 bits per heavy atom. The van der Waals surface area contributed by atoms with E-state index in [1.165, 1.54) is 0 Å². The molecule has 0 amide bonds. The van der Waals surface area contributed by atoms with Gasteiger partial charge in [0.05, 0.1) is 38.6 Å². The lowest BCUT2D eigenvalue weighted by Gasteiger charge is -2.44. The summed E-state index contributed by atoms with van der Waals surface area (Å²) in [4.78, 5) is 99.3. The van der Waals surface area contributed by atoms with E-state index in [0.29, 0.717) is 42.5 Å². The Morgan fingerprint density at radius 3 is 1.29 bits per heavy atom. The first-order valence-corrected chi connectivity index (χ1v) is 24.7. The summed E-state index contributed by atoms with van der Waals surface area (Å²) in [6.07, 6.45) is -13.0. The molecule has 456 valence electrons. The Kier molecular flexibility index (Phi) is 12.4. The summed E-state index contributed by atoms with van der Waals surface area (Å²) in [5.74, 6) is -36.0. The largest absolute Gasteiger partial charge is 0.504 e. The van der Waals surface area contributed by atoms with E-state index in [4.69, 9.17) is 42.0 Å². The number of phenolic OH excluding ortho intramolecular Hbond substituents is 18. The molecule has 5 unspecified atom stereocenters. The molecule has 1 saturated heterocycles. The number of esters is 5. The van der Waals surface area contributed by atoms with Crippen molar-refractivity contribution in [3.8, 4) is 137 Å². The van der Waals surface area contributed by atoms with Gasteiger partial charge in [-0.3, -0.25) is 0 Å². The van der Waals surface area contributed by atoms with Crippen LogP contribution in [0.25, 0.3) is 55.0 Å². The van der Waals surface area contributed by atoms with Crippen LogP contribution in [0.5, 0.6) is 115 Å². The van der Waals surface area contributed by atoms with Crippen molar-refractivity contribution < 1.29 is 158 Å². The van der Waals surface area contributed by atoms with Crippen LogP contribution in [0.3, 0.4) is 0 Å². The number of hydrogen-bond acceptors (Lipinski definition) is 34. The van der Waals surface area contributed by atoms with E-state index >= 15 is 0 Å². The summed E-state index contributed by atoms with van der Waals surface area (Å²) < 4.78 is 50.0. The molecule has 2 aromatic heterocycles. The lowest BCUT2D eigenvalue weighted by molar-refractivity contribution is -0.282. The molecule has 1 fully saturated rings. The van der Waals surface area contributed by atoms with E-state index in [0.717, 1.165) is 0 Å². The zero-order valence-electron chi connectivity index (χ0n) is 43.2. The van der Waals surface area contributed by atoms with Crippen molar-refractivity contribution in [3.63, 3.8) is 0 Å². The van der Waals surface area contributed by atoms with Gasteiger partial charge >= 0.3 is 41.1 Å². The van der Waals surface area contributed by atoms with E-state index in [-0.39, 0.29) is 0 Å². The highest BCUT2D eigenvalue weighted by atomic mass is 16.7. The van der Waals surface area contributed by atoms with E-state index in [2.05, 4.69) is 0 Å². The van der Waals surface area contributed by atoms with Gasteiger partial charge in [0, 0.05) is 27.6 Å².